The summed E-state index contributed by atoms with van der Waals surface area (Å²) in [5, 5.41) is 2.27. The van der Waals surface area contributed by atoms with Gasteiger partial charge in [-0.25, -0.2) is 9.69 Å². The van der Waals surface area contributed by atoms with Gasteiger partial charge in [0.15, 0.2) is 11.5 Å². The third kappa shape index (κ3) is 6.94. The van der Waals surface area contributed by atoms with Gasteiger partial charge in [0.2, 0.25) is 0 Å². The number of anilines is 1. The fourth-order valence-electron chi connectivity index (χ4n) is 4.61. The molecule has 0 aliphatic carbocycles. The Morgan fingerprint density at radius 3 is 2.16 bits per heavy atom. The van der Waals surface area contributed by atoms with Gasteiger partial charge >= 0.3 is 6.03 Å². The minimum Gasteiger partial charge on any atom is -0.493 e. The number of nitrogens with zero attached hydrogens (tertiary/aromatic N) is 1. The lowest BCUT2D eigenvalue weighted by atomic mass is 10.1. The third-order valence-corrected chi connectivity index (χ3v) is 8.04. The summed E-state index contributed by atoms with van der Waals surface area (Å²) in [5.74, 6) is 0.0572. The standard InChI is InChI=1S/C35H31IN2O6/c1-21-5-8-24(9-6-21)19-43-28-13-11-27(12-14-28)38-34(40)29(33(39)37-35(38)41)16-26-17-30(36)32(31(18-26)42-4)44-20-25-10-7-22(2)23(3)15-25/h5-18H,19-20H2,1-4H3,(H,37,39,41)/b29-16+. The minimum absolute atomic E-state index is 0.189. The zero-order valence-electron chi connectivity index (χ0n) is 24.8. The Morgan fingerprint density at radius 2 is 1.48 bits per heavy atom. The van der Waals surface area contributed by atoms with Crippen molar-refractivity contribution < 1.29 is 28.6 Å². The number of imide groups is 2. The van der Waals surface area contributed by atoms with Crippen molar-refractivity contribution in [2.75, 3.05) is 12.0 Å². The van der Waals surface area contributed by atoms with E-state index < -0.39 is 17.8 Å². The SMILES string of the molecule is COc1cc(/C=C2\C(=O)NC(=O)N(c3ccc(OCc4ccc(C)cc4)cc3)C2=O)cc(I)c1OCc1ccc(C)c(C)c1. The average molecular weight is 703 g/mol. The molecule has 4 aromatic carbocycles. The maximum atomic E-state index is 13.5. The number of halogens is 1. The number of carbonyl (C=O) groups is 3. The van der Waals surface area contributed by atoms with E-state index in [1.54, 1.807) is 36.4 Å². The first-order valence-corrected chi connectivity index (χ1v) is 15.0. The van der Waals surface area contributed by atoms with Crippen LogP contribution >= 0.6 is 22.6 Å². The van der Waals surface area contributed by atoms with Crippen molar-refractivity contribution in [3.05, 3.63) is 121 Å². The molecule has 0 saturated carbocycles. The van der Waals surface area contributed by atoms with Crippen molar-refractivity contribution in [2.24, 2.45) is 0 Å². The van der Waals surface area contributed by atoms with Crippen LogP contribution in [-0.4, -0.2) is 25.0 Å². The third-order valence-electron chi connectivity index (χ3n) is 7.24. The van der Waals surface area contributed by atoms with E-state index >= 15 is 0 Å². The van der Waals surface area contributed by atoms with E-state index in [0.717, 1.165) is 19.6 Å². The Kier molecular flexibility index (Phi) is 9.34. The van der Waals surface area contributed by atoms with Gasteiger partial charge in [0.1, 0.15) is 24.5 Å². The maximum absolute atomic E-state index is 13.5. The van der Waals surface area contributed by atoms with Crippen LogP contribution in [0.4, 0.5) is 10.5 Å². The first-order chi connectivity index (χ1) is 21.1. The van der Waals surface area contributed by atoms with E-state index in [4.69, 9.17) is 14.2 Å². The molecule has 44 heavy (non-hydrogen) atoms. The second kappa shape index (κ2) is 13.3. The summed E-state index contributed by atoms with van der Waals surface area (Å²) < 4.78 is 18.3. The van der Waals surface area contributed by atoms with E-state index in [9.17, 15) is 14.4 Å². The highest BCUT2D eigenvalue weighted by molar-refractivity contribution is 14.1. The van der Waals surface area contributed by atoms with Crippen LogP contribution in [0, 0.1) is 24.3 Å². The summed E-state index contributed by atoms with van der Waals surface area (Å²) in [6.45, 7) is 6.86. The number of barbiturate groups is 1. The minimum atomic E-state index is -0.826. The lowest BCUT2D eigenvalue weighted by Gasteiger charge is -2.26. The Bertz CT molecular complexity index is 1760. The van der Waals surface area contributed by atoms with Gasteiger partial charge in [0.05, 0.1) is 16.4 Å². The van der Waals surface area contributed by atoms with Crippen molar-refractivity contribution in [1.29, 1.82) is 0 Å². The van der Waals surface area contributed by atoms with E-state index in [1.165, 1.54) is 29.9 Å². The Balaban J connectivity index is 1.33. The lowest BCUT2D eigenvalue weighted by molar-refractivity contribution is -0.122. The summed E-state index contributed by atoms with van der Waals surface area (Å²) in [5.41, 5.74) is 6.25. The van der Waals surface area contributed by atoms with E-state index in [-0.39, 0.29) is 5.57 Å². The predicted octanol–water partition coefficient (Wildman–Crippen LogP) is 7.05. The molecule has 1 N–H and O–H groups in total. The molecule has 5 rings (SSSR count). The van der Waals surface area contributed by atoms with Crippen LogP contribution in [0.2, 0.25) is 0 Å². The van der Waals surface area contributed by atoms with Crippen LogP contribution in [0.25, 0.3) is 6.08 Å². The monoisotopic (exact) mass is 702 g/mol. The number of methoxy groups -OCH3 is 1. The number of hydrogen-bond donors (Lipinski definition) is 1. The number of nitrogens with one attached hydrogen (secondary N) is 1. The van der Waals surface area contributed by atoms with Gasteiger partial charge in [-0.15, -0.1) is 0 Å². The highest BCUT2D eigenvalue weighted by atomic mass is 127. The van der Waals surface area contributed by atoms with Crippen LogP contribution in [0.1, 0.15) is 33.4 Å². The molecule has 0 radical (unpaired) electrons. The van der Waals surface area contributed by atoms with Gasteiger partial charge in [-0.2, -0.15) is 0 Å². The van der Waals surface area contributed by atoms with E-state index in [2.05, 4.69) is 53.9 Å². The molecule has 1 aliphatic rings. The largest absolute Gasteiger partial charge is 0.493 e. The maximum Gasteiger partial charge on any atom is 0.335 e. The van der Waals surface area contributed by atoms with Gasteiger partial charge < -0.3 is 14.2 Å². The molecule has 1 saturated heterocycles. The van der Waals surface area contributed by atoms with Gasteiger partial charge in [0.25, 0.3) is 11.8 Å². The van der Waals surface area contributed by atoms with Crippen LogP contribution < -0.4 is 24.4 Å². The first kappa shape index (κ1) is 30.8. The van der Waals surface area contributed by atoms with Crippen molar-refractivity contribution in [3.8, 4) is 17.2 Å². The number of amides is 4. The van der Waals surface area contributed by atoms with Crippen LogP contribution in [0.15, 0.2) is 84.4 Å². The quantitative estimate of drug-likeness (QED) is 0.114. The molecular formula is C35H31IN2O6. The van der Waals surface area contributed by atoms with Crippen LogP contribution in [0.5, 0.6) is 17.2 Å². The molecule has 0 aromatic heterocycles. The second-order valence-electron chi connectivity index (χ2n) is 10.5. The van der Waals surface area contributed by atoms with E-state index in [1.807, 2.05) is 37.3 Å². The first-order valence-electron chi connectivity index (χ1n) is 13.9. The number of carbonyl (C=O) groups excluding carboxylic acids is 3. The summed E-state index contributed by atoms with van der Waals surface area (Å²) in [7, 11) is 1.53. The number of urea groups is 1. The molecule has 9 heteroatoms. The van der Waals surface area contributed by atoms with Gasteiger partial charge in [-0.05, 0) is 114 Å². The van der Waals surface area contributed by atoms with Gasteiger partial charge in [-0.3, -0.25) is 14.9 Å². The normalized spacial score (nSPS) is 14.1. The highest BCUT2D eigenvalue weighted by Gasteiger charge is 2.37. The molecule has 0 unspecified atom stereocenters. The van der Waals surface area contributed by atoms with Crippen LogP contribution in [-0.2, 0) is 22.8 Å². The molecule has 0 atom stereocenters. The number of aryl methyl sites for hydroxylation is 3. The molecule has 1 fully saturated rings. The summed E-state index contributed by atoms with van der Waals surface area (Å²) in [6, 6.07) is 23.4. The smallest absolute Gasteiger partial charge is 0.335 e. The highest BCUT2D eigenvalue weighted by Crippen LogP contribution is 2.36. The molecular weight excluding hydrogens is 671 g/mol. The van der Waals surface area contributed by atoms with Gasteiger partial charge in [-0.1, -0.05) is 48.0 Å². The van der Waals surface area contributed by atoms with Crippen molar-refractivity contribution in [3.63, 3.8) is 0 Å². The summed E-state index contributed by atoms with van der Waals surface area (Å²) in [4.78, 5) is 39.9. The Hall–Kier alpha value is -4.64. The molecule has 0 bridgehead atoms. The van der Waals surface area contributed by atoms with Crippen molar-refractivity contribution in [1.82, 2.24) is 5.32 Å². The zero-order chi connectivity index (χ0) is 31.4. The van der Waals surface area contributed by atoms with Crippen LogP contribution in [0.3, 0.4) is 0 Å². The summed E-state index contributed by atoms with van der Waals surface area (Å²) in [6.07, 6.45) is 1.44. The number of hydrogen-bond acceptors (Lipinski definition) is 6. The number of ether oxygens (including phenoxy) is 3. The number of benzene rings is 4. The fraction of sp³-hybridized carbons (Fsp3) is 0.171. The lowest BCUT2D eigenvalue weighted by Crippen LogP contribution is -2.54. The average Bonchev–Trinajstić information content (AvgIpc) is 3.00. The molecule has 4 aromatic rings. The molecule has 0 spiro atoms. The van der Waals surface area contributed by atoms with E-state index in [0.29, 0.717) is 41.7 Å². The topological polar surface area (TPSA) is 94.2 Å². The molecule has 4 amide bonds. The Morgan fingerprint density at radius 1 is 0.795 bits per heavy atom. The van der Waals surface area contributed by atoms with Crippen molar-refractivity contribution in [2.45, 2.75) is 34.0 Å². The fourth-order valence-corrected chi connectivity index (χ4v) is 5.39. The molecule has 1 heterocycles. The summed E-state index contributed by atoms with van der Waals surface area (Å²) >= 11 is 2.13. The van der Waals surface area contributed by atoms with Crippen molar-refractivity contribution >= 4 is 52.2 Å². The Labute approximate surface area is 269 Å². The second-order valence-corrected chi connectivity index (χ2v) is 11.6. The number of rotatable bonds is 9. The van der Waals surface area contributed by atoms with Gasteiger partial charge in [0, 0.05) is 0 Å². The molecule has 8 nitrogen and oxygen atoms in total. The molecule has 224 valence electrons. The molecule has 1 aliphatic heterocycles. The zero-order valence-corrected chi connectivity index (χ0v) is 26.9. The predicted molar refractivity (Wildman–Crippen MR) is 177 cm³/mol.